The lowest BCUT2D eigenvalue weighted by Gasteiger charge is -2.17. The fraction of sp³-hybridized carbons (Fsp3) is 0.391. The minimum atomic E-state index is -4.87. The number of para-hydroxylation sites is 1. The first-order valence-corrected chi connectivity index (χ1v) is 13.0. The van der Waals surface area contributed by atoms with Crippen LogP contribution in [0.25, 0.3) is 0 Å². The number of carbonyl (C=O) groups is 1. The molecule has 0 aliphatic heterocycles. The van der Waals surface area contributed by atoms with Crippen molar-refractivity contribution < 1.29 is 45.5 Å². The van der Waals surface area contributed by atoms with E-state index in [9.17, 15) is 36.6 Å². The zero-order valence-electron chi connectivity index (χ0n) is 20.1. The average Bonchev–Trinajstić information content (AvgIpc) is 3.43. The summed E-state index contributed by atoms with van der Waals surface area (Å²) in [6.07, 6.45) is -3.26. The molecule has 16 heteroatoms. The van der Waals surface area contributed by atoms with Gasteiger partial charge in [0.1, 0.15) is 17.8 Å². The number of carbonyl (C=O) groups excluding carboxylic acids is 1. The van der Waals surface area contributed by atoms with Crippen molar-refractivity contribution in [1.29, 1.82) is 0 Å². The fourth-order valence-electron chi connectivity index (χ4n) is 4.48. The summed E-state index contributed by atoms with van der Waals surface area (Å²) in [6, 6.07) is 6.94. The van der Waals surface area contributed by atoms with E-state index in [0.717, 1.165) is 0 Å². The average molecular weight is 572 g/mol. The number of ketones is 1. The third-order valence-electron chi connectivity index (χ3n) is 6.27. The van der Waals surface area contributed by atoms with Gasteiger partial charge in [-0.1, -0.05) is 18.2 Å². The number of aliphatic hydroxyl groups is 2. The Hall–Kier alpha value is -3.44. The number of rotatable bonds is 10. The molecule has 3 aromatic rings. The summed E-state index contributed by atoms with van der Waals surface area (Å²) in [7, 11) is -4.23. The summed E-state index contributed by atoms with van der Waals surface area (Å²) in [5.74, 6) is -2.26. The monoisotopic (exact) mass is 571 g/mol. The minimum Gasteiger partial charge on any atom is -0.405 e. The number of alkyl halides is 3. The molecule has 12 nitrogen and oxygen atoms in total. The highest BCUT2D eigenvalue weighted by molar-refractivity contribution is 7.84. The second kappa shape index (κ2) is 11.4. The molecule has 1 fully saturated rings. The zero-order chi connectivity index (χ0) is 28.4. The Kier molecular flexibility index (Phi) is 8.31. The van der Waals surface area contributed by atoms with E-state index in [1.165, 1.54) is 47.7 Å². The van der Waals surface area contributed by atoms with Crippen LogP contribution < -0.4 is 9.88 Å². The Morgan fingerprint density at radius 3 is 2.59 bits per heavy atom. The minimum absolute atomic E-state index is 0.0216. The fourth-order valence-corrected chi connectivity index (χ4v) is 4.84. The van der Waals surface area contributed by atoms with Crippen molar-refractivity contribution in [3.8, 4) is 5.75 Å². The van der Waals surface area contributed by atoms with E-state index in [0.29, 0.717) is 0 Å². The Bertz CT molecular complexity index is 1430. The Labute approximate surface area is 220 Å². The molecule has 2 aromatic heterocycles. The summed E-state index contributed by atoms with van der Waals surface area (Å²) >= 11 is 0. The van der Waals surface area contributed by atoms with Crippen LogP contribution in [0.5, 0.6) is 5.75 Å². The second-order valence-corrected chi connectivity index (χ2v) is 10.2. The molecule has 1 saturated carbocycles. The van der Waals surface area contributed by atoms with E-state index in [1.807, 2.05) is 0 Å². The van der Waals surface area contributed by atoms with Crippen LogP contribution in [0.4, 0.5) is 13.2 Å². The molecule has 0 unspecified atom stereocenters. The van der Waals surface area contributed by atoms with Crippen molar-refractivity contribution in [3.05, 3.63) is 71.6 Å². The first-order chi connectivity index (χ1) is 18.3. The summed E-state index contributed by atoms with van der Waals surface area (Å²) in [6.45, 7) is -0.524. The quantitative estimate of drug-likeness (QED) is 0.297. The highest BCUT2D eigenvalue weighted by Crippen LogP contribution is 2.35. The van der Waals surface area contributed by atoms with Crippen LogP contribution in [0.2, 0.25) is 0 Å². The maximum absolute atomic E-state index is 13.2. The van der Waals surface area contributed by atoms with Crippen LogP contribution in [0, 0.1) is 11.8 Å². The topological polar surface area (TPSA) is 180 Å². The van der Waals surface area contributed by atoms with Crippen molar-refractivity contribution in [2.24, 2.45) is 17.0 Å². The summed E-state index contributed by atoms with van der Waals surface area (Å²) in [5.41, 5.74) is 0.509. The van der Waals surface area contributed by atoms with E-state index in [4.69, 9.17) is 5.14 Å². The summed E-state index contributed by atoms with van der Waals surface area (Å²) in [4.78, 5) is 21.3. The normalized spacial score (nSPS) is 21.7. The predicted octanol–water partition coefficient (Wildman–Crippen LogP) is 0.971. The number of hydrogen-bond donors (Lipinski definition) is 3. The van der Waals surface area contributed by atoms with Gasteiger partial charge in [-0.3, -0.25) is 13.7 Å². The number of nitrogens with zero attached hydrogens (tertiary/aromatic N) is 4. The van der Waals surface area contributed by atoms with Gasteiger partial charge in [-0.25, -0.2) is 15.1 Å². The Balaban J connectivity index is 1.48. The maximum atomic E-state index is 13.2. The van der Waals surface area contributed by atoms with Gasteiger partial charge >= 0.3 is 16.7 Å². The van der Waals surface area contributed by atoms with Crippen LogP contribution in [-0.2, 0) is 27.5 Å². The number of aromatic nitrogens is 4. The van der Waals surface area contributed by atoms with Gasteiger partial charge in [0.2, 0.25) is 5.78 Å². The largest absolute Gasteiger partial charge is 0.573 e. The lowest BCUT2D eigenvalue weighted by molar-refractivity contribution is -0.274. The predicted molar refractivity (Wildman–Crippen MR) is 126 cm³/mol. The Morgan fingerprint density at radius 1 is 1.15 bits per heavy atom. The van der Waals surface area contributed by atoms with Gasteiger partial charge in [0, 0.05) is 23.9 Å². The van der Waals surface area contributed by atoms with Crippen molar-refractivity contribution in [1.82, 2.24) is 19.7 Å². The van der Waals surface area contributed by atoms with Crippen molar-refractivity contribution in [2.45, 2.75) is 38.0 Å². The molecule has 4 N–H and O–H groups in total. The van der Waals surface area contributed by atoms with Crippen LogP contribution in [0.3, 0.4) is 0 Å². The first-order valence-electron chi connectivity index (χ1n) is 11.5. The number of aliphatic hydroxyl groups excluding tert-OH is 2. The lowest BCUT2D eigenvalue weighted by atomic mass is 9.95. The molecule has 0 saturated heterocycles. The molecule has 39 heavy (non-hydrogen) atoms. The van der Waals surface area contributed by atoms with E-state index in [-0.39, 0.29) is 41.9 Å². The molecule has 4 atom stereocenters. The van der Waals surface area contributed by atoms with Gasteiger partial charge in [0.05, 0.1) is 36.6 Å². The van der Waals surface area contributed by atoms with Gasteiger partial charge in [-0.05, 0) is 30.9 Å². The lowest BCUT2D eigenvalue weighted by Crippen LogP contribution is -2.31. The number of ether oxygens (including phenoxy) is 1. The summed E-state index contributed by atoms with van der Waals surface area (Å²) < 4.78 is 70.2. The van der Waals surface area contributed by atoms with Crippen LogP contribution in [-0.4, -0.2) is 69.3 Å². The standard InChI is InChI=1S/C23H24F3N5O7S/c24-23(25,26)38-19-4-2-1-3-13(19)10-31-6-5-17(30-31)22(34)16-9-28-12-29-18(16)8-14-7-15(21(33)20(14)32)11-37-39(27,35)36/h1-6,9,12,14-15,20-21,32-33H,7-8,10-11H2,(H2,27,35,36)/t14-,15+,20-,21+/m0/s1. The molecule has 1 aromatic carbocycles. The van der Waals surface area contributed by atoms with E-state index in [1.54, 1.807) is 6.07 Å². The summed E-state index contributed by atoms with van der Waals surface area (Å²) in [5, 5.41) is 29.8. The maximum Gasteiger partial charge on any atom is 0.573 e. The molecule has 210 valence electrons. The third kappa shape index (κ3) is 7.36. The van der Waals surface area contributed by atoms with Crippen LogP contribution in [0.1, 0.15) is 33.7 Å². The number of benzene rings is 1. The van der Waals surface area contributed by atoms with Crippen molar-refractivity contribution in [2.75, 3.05) is 6.61 Å². The molecule has 1 aliphatic carbocycles. The molecule has 0 amide bonds. The number of hydrogen-bond acceptors (Lipinski definition) is 10. The zero-order valence-corrected chi connectivity index (χ0v) is 20.9. The molecule has 0 bridgehead atoms. The second-order valence-electron chi connectivity index (χ2n) is 8.98. The Morgan fingerprint density at radius 2 is 1.87 bits per heavy atom. The van der Waals surface area contributed by atoms with Gasteiger partial charge in [0.25, 0.3) is 0 Å². The van der Waals surface area contributed by atoms with Gasteiger partial charge in [-0.2, -0.15) is 13.5 Å². The molecule has 2 heterocycles. The van der Waals surface area contributed by atoms with E-state index in [2.05, 4.69) is 24.0 Å². The van der Waals surface area contributed by atoms with E-state index < -0.39 is 58.8 Å². The smallest absolute Gasteiger partial charge is 0.405 e. The van der Waals surface area contributed by atoms with Crippen LogP contribution >= 0.6 is 0 Å². The van der Waals surface area contributed by atoms with Crippen LogP contribution in [0.15, 0.2) is 49.1 Å². The molecule has 0 spiro atoms. The molecule has 0 radical (unpaired) electrons. The molecule has 1 aliphatic rings. The highest BCUT2D eigenvalue weighted by Gasteiger charge is 2.42. The van der Waals surface area contributed by atoms with Gasteiger partial charge in [0.15, 0.2) is 0 Å². The molecular formula is C23H24F3N5O7S. The van der Waals surface area contributed by atoms with Gasteiger partial charge < -0.3 is 14.9 Å². The number of halogens is 3. The SMILES string of the molecule is NS(=O)(=O)OC[C@H]1C[C@@H](Cc2ncncc2C(=O)c2ccn(Cc3ccccc3OC(F)(F)F)n2)[C@H](O)[C@@H]1O. The molecular weight excluding hydrogens is 547 g/mol. The first kappa shape index (κ1) is 28.6. The van der Waals surface area contributed by atoms with Crippen molar-refractivity contribution >= 4 is 16.1 Å². The highest BCUT2D eigenvalue weighted by atomic mass is 32.2. The third-order valence-corrected chi connectivity index (χ3v) is 6.73. The van der Waals surface area contributed by atoms with Crippen molar-refractivity contribution in [3.63, 3.8) is 0 Å². The molecule has 4 rings (SSSR count). The number of nitrogens with two attached hydrogens (primary N) is 1. The van der Waals surface area contributed by atoms with Gasteiger partial charge in [-0.15, -0.1) is 13.2 Å². The van der Waals surface area contributed by atoms with E-state index >= 15 is 0 Å².